The van der Waals surface area contributed by atoms with E-state index in [4.69, 9.17) is 6.52 Å². The zero-order valence-corrected chi connectivity index (χ0v) is 8.56. The topological polar surface area (TPSA) is 95.5 Å². The lowest BCUT2D eigenvalue weighted by molar-refractivity contribution is -0.141. The summed E-state index contributed by atoms with van der Waals surface area (Å²) < 4.78 is 7.27. The van der Waals surface area contributed by atoms with E-state index in [0.717, 1.165) is 6.08 Å². The van der Waals surface area contributed by atoms with Crippen molar-refractivity contribution < 1.29 is 20.9 Å². The van der Waals surface area contributed by atoms with Gasteiger partial charge in [0, 0.05) is 0 Å². The van der Waals surface area contributed by atoms with Gasteiger partial charge in [0.15, 0.2) is 1.41 Å². The van der Waals surface area contributed by atoms with E-state index in [0.29, 0.717) is 5.31 Å². The minimum atomic E-state index is -1.19. The minimum Gasteiger partial charge on any atom is -0.480 e. The zero-order chi connectivity index (χ0) is 12.9. The summed E-state index contributed by atoms with van der Waals surface area (Å²) in [6.07, 6.45) is 0.900. The van der Waals surface area contributed by atoms with Crippen LogP contribution in [0.3, 0.4) is 0 Å². The quantitative estimate of drug-likeness (QED) is 0.527. The normalized spacial score (nSPS) is 14.4. The summed E-state index contributed by atoms with van der Waals surface area (Å²) in [5.74, 6) is -2.63. The molecule has 0 saturated carbocycles. The van der Waals surface area contributed by atoms with Crippen LogP contribution >= 0.6 is 0 Å². The summed E-state index contributed by atoms with van der Waals surface area (Å²) in [6, 6.07) is -2.14. The molecule has 0 aromatic rings. The molecule has 0 bridgehead atoms. The van der Waals surface area contributed by atoms with Crippen molar-refractivity contribution in [3.05, 3.63) is 12.7 Å². The fourth-order valence-corrected chi connectivity index (χ4v) is 0.698. The molecule has 6 heteroatoms. The molecule has 6 nitrogen and oxygen atoms in total. The van der Waals surface area contributed by atoms with Gasteiger partial charge in [-0.2, -0.15) is 0 Å². The van der Waals surface area contributed by atoms with Crippen molar-refractivity contribution in [3.63, 3.8) is 0 Å². The van der Waals surface area contributed by atoms with Gasteiger partial charge in [-0.15, -0.1) is 0 Å². The first-order valence-electron chi connectivity index (χ1n) is 4.73. The van der Waals surface area contributed by atoms with Gasteiger partial charge in [-0.1, -0.05) is 6.58 Å². The summed E-state index contributed by atoms with van der Waals surface area (Å²) in [5.41, 5.74) is 0. The Bertz CT molecular complexity index is 319. The molecule has 0 aromatic carbocycles. The van der Waals surface area contributed by atoms with Crippen LogP contribution in [-0.2, 0) is 14.4 Å². The summed E-state index contributed by atoms with van der Waals surface area (Å²) in [5, 5.41) is 11.1. The number of carbonyl (C=O) groups excluding carboxylic acids is 2. The molecule has 0 fully saturated rings. The van der Waals surface area contributed by atoms with Crippen molar-refractivity contribution in [1.82, 2.24) is 10.6 Å². The minimum absolute atomic E-state index is 0.427. The molecular weight excluding hydrogens is 200 g/mol. The molecule has 0 heterocycles. The molecule has 3 N–H and O–H groups in total. The average Bonchev–Trinajstić information content (AvgIpc) is 2.25. The van der Waals surface area contributed by atoms with E-state index in [2.05, 4.69) is 11.9 Å². The molecule has 0 unspecified atom stereocenters. The van der Waals surface area contributed by atoms with Gasteiger partial charge < -0.3 is 15.7 Å². The molecule has 0 aliphatic heterocycles. The second-order valence-electron chi connectivity index (χ2n) is 2.92. The molecule has 2 atom stereocenters. The molecule has 2 amide bonds. The Morgan fingerprint density at radius 3 is 2.33 bits per heavy atom. The highest BCUT2D eigenvalue weighted by molar-refractivity contribution is 5.93. The second kappa shape index (κ2) is 5.79. The van der Waals surface area contributed by atoms with Gasteiger partial charge in [0.2, 0.25) is 11.8 Å². The highest BCUT2D eigenvalue weighted by Crippen LogP contribution is 1.87. The lowest BCUT2D eigenvalue weighted by Gasteiger charge is -2.15. The molecule has 0 aliphatic carbocycles. The Labute approximate surface area is 88.8 Å². The van der Waals surface area contributed by atoms with Crippen LogP contribution < -0.4 is 10.6 Å². The number of carboxylic acids is 1. The van der Waals surface area contributed by atoms with E-state index < -0.39 is 29.9 Å². The van der Waals surface area contributed by atoms with Crippen molar-refractivity contribution in [2.75, 3.05) is 0 Å². The number of hydrogen-bond donors (Lipinski definition) is 3. The van der Waals surface area contributed by atoms with Crippen LogP contribution in [-0.4, -0.2) is 35.0 Å². The van der Waals surface area contributed by atoms with Crippen LogP contribution in [0.25, 0.3) is 0 Å². The van der Waals surface area contributed by atoms with Gasteiger partial charge in [-0.05, 0) is 19.9 Å². The average molecular weight is 215 g/mol. The second-order valence-corrected chi connectivity index (χ2v) is 2.92. The van der Waals surface area contributed by atoms with Gasteiger partial charge in [-0.25, -0.2) is 0 Å². The van der Waals surface area contributed by atoms with Gasteiger partial charge in [0.1, 0.15) is 12.1 Å². The predicted molar refractivity (Wildman–Crippen MR) is 53.0 cm³/mol. The number of nitrogens with one attached hydrogen (secondary N) is 2. The maximum absolute atomic E-state index is 11.4. The van der Waals surface area contributed by atoms with Crippen molar-refractivity contribution >= 4 is 17.8 Å². The number of amides is 2. The highest BCUT2D eigenvalue weighted by Gasteiger charge is 2.19. The molecule has 0 spiro atoms. The Balaban J connectivity index is 4.44. The van der Waals surface area contributed by atoms with Crippen molar-refractivity contribution in [2.45, 2.75) is 25.9 Å². The maximum Gasteiger partial charge on any atom is 0.325 e. The van der Waals surface area contributed by atoms with E-state index in [1.807, 2.05) is 0 Å². The summed E-state index contributed by atoms with van der Waals surface area (Å²) in [4.78, 5) is 32.9. The Hall–Kier alpha value is -1.85. The van der Waals surface area contributed by atoms with E-state index >= 15 is 0 Å². The molecule has 15 heavy (non-hydrogen) atoms. The van der Waals surface area contributed by atoms with E-state index in [-0.39, 0.29) is 0 Å². The van der Waals surface area contributed by atoms with Crippen molar-refractivity contribution in [1.29, 1.82) is 0 Å². The standard InChI is InChI=1S/C9H14N2O4/c1-4-7(12)10-5(2)8(13)11-6(3)9(14)15/h4-6H,1H2,2-3H3,(H,10,12)(H,11,13)(H,14,15)/t5-,6-/m0/s1/i/hD. The third kappa shape index (κ3) is 4.80. The summed E-state index contributed by atoms with van der Waals surface area (Å²) >= 11 is 0. The van der Waals surface area contributed by atoms with Crippen molar-refractivity contribution in [2.24, 2.45) is 0 Å². The van der Waals surface area contributed by atoms with Gasteiger partial charge in [-0.3, -0.25) is 14.4 Å². The Morgan fingerprint density at radius 1 is 1.40 bits per heavy atom. The van der Waals surface area contributed by atoms with Crippen LogP contribution in [0.15, 0.2) is 12.7 Å². The Kier molecular flexibility index (Phi) is 4.33. The molecule has 0 radical (unpaired) electrons. The Morgan fingerprint density at radius 2 is 1.93 bits per heavy atom. The number of aliphatic carboxylic acids is 1. The van der Waals surface area contributed by atoms with E-state index in [1.165, 1.54) is 13.8 Å². The lowest BCUT2D eigenvalue weighted by atomic mass is 10.2. The monoisotopic (exact) mass is 215 g/mol. The third-order valence-corrected chi connectivity index (χ3v) is 1.60. The first-order valence-corrected chi connectivity index (χ1v) is 4.29. The largest absolute Gasteiger partial charge is 0.480 e. The van der Waals surface area contributed by atoms with Crippen LogP contribution in [0.5, 0.6) is 0 Å². The SMILES string of the molecule is [2H]N(C(=O)C=C)[C@@H](C)C(=O)N[C@@H](C)C(=O)O. The fraction of sp³-hybridized carbons (Fsp3) is 0.444. The van der Waals surface area contributed by atoms with Gasteiger partial charge >= 0.3 is 5.97 Å². The number of carbonyl (C=O) groups is 3. The molecule has 84 valence electrons. The predicted octanol–water partition coefficient (Wildman–Crippen LogP) is -0.734. The highest BCUT2D eigenvalue weighted by atomic mass is 16.4. The van der Waals surface area contributed by atoms with Crippen LogP contribution in [0.4, 0.5) is 0 Å². The van der Waals surface area contributed by atoms with E-state index in [9.17, 15) is 14.4 Å². The summed E-state index contributed by atoms with van der Waals surface area (Å²) in [7, 11) is 0. The lowest BCUT2D eigenvalue weighted by Crippen LogP contribution is -2.49. The first-order chi connectivity index (χ1) is 7.31. The first kappa shape index (κ1) is 11.2. The maximum atomic E-state index is 11.4. The molecular formula is C9H14N2O4. The number of hydrogen-bond acceptors (Lipinski definition) is 3. The molecule has 0 saturated heterocycles. The molecule has 0 aliphatic rings. The number of rotatable bonds is 5. The fourth-order valence-electron chi connectivity index (χ4n) is 0.698. The third-order valence-electron chi connectivity index (χ3n) is 1.60. The smallest absolute Gasteiger partial charge is 0.325 e. The van der Waals surface area contributed by atoms with Crippen LogP contribution in [0, 0.1) is 0 Å². The number of carboxylic acid groups (broad SMARTS) is 1. The van der Waals surface area contributed by atoms with Crippen LogP contribution in [0.2, 0.25) is 1.41 Å². The van der Waals surface area contributed by atoms with Gasteiger partial charge in [0.25, 0.3) is 0 Å². The van der Waals surface area contributed by atoms with Crippen LogP contribution in [0.1, 0.15) is 13.8 Å². The molecule has 0 rings (SSSR count). The van der Waals surface area contributed by atoms with E-state index in [1.54, 1.807) is 0 Å². The van der Waals surface area contributed by atoms with Gasteiger partial charge in [0.05, 0.1) is 0 Å². The molecule has 0 aromatic heterocycles. The summed E-state index contributed by atoms with van der Waals surface area (Å²) in [6.45, 7) is 5.78. The zero-order valence-electron chi connectivity index (χ0n) is 9.56. The van der Waals surface area contributed by atoms with Crippen molar-refractivity contribution in [3.8, 4) is 0 Å².